The molecule has 0 radical (unpaired) electrons. The fourth-order valence-electron chi connectivity index (χ4n) is 1.55. The molecule has 2 rings (SSSR count). The highest BCUT2D eigenvalue weighted by atomic mass is 35.5. The van der Waals surface area contributed by atoms with Gasteiger partial charge in [0.2, 0.25) is 0 Å². The zero-order chi connectivity index (χ0) is 12.3. The molecule has 0 saturated heterocycles. The van der Waals surface area contributed by atoms with Gasteiger partial charge in [0.1, 0.15) is 0 Å². The summed E-state index contributed by atoms with van der Waals surface area (Å²) in [5.74, 6) is 0. The zero-order valence-corrected chi connectivity index (χ0v) is 10.8. The van der Waals surface area contributed by atoms with Crippen LogP contribution in [0.2, 0.25) is 10.0 Å². The Kier molecular flexibility index (Phi) is 3.77. The molecule has 0 aliphatic carbocycles. The number of hydrogen-bond acceptors (Lipinski definition) is 2. The number of hydrogen-bond donors (Lipinski definition) is 2. The molecule has 0 heterocycles. The van der Waals surface area contributed by atoms with Crippen molar-refractivity contribution in [2.24, 2.45) is 0 Å². The van der Waals surface area contributed by atoms with E-state index in [0.717, 1.165) is 17.1 Å². The highest BCUT2D eigenvalue weighted by Crippen LogP contribution is 2.26. The molecule has 4 heteroatoms. The van der Waals surface area contributed by atoms with Crippen LogP contribution in [0.1, 0.15) is 0 Å². The predicted molar refractivity (Wildman–Crippen MR) is 75.7 cm³/mol. The van der Waals surface area contributed by atoms with Crippen molar-refractivity contribution in [3.63, 3.8) is 0 Å². The van der Waals surface area contributed by atoms with E-state index in [1.807, 2.05) is 43.4 Å². The van der Waals surface area contributed by atoms with E-state index in [-0.39, 0.29) is 0 Å². The van der Waals surface area contributed by atoms with Crippen LogP contribution in [0, 0.1) is 0 Å². The van der Waals surface area contributed by atoms with Gasteiger partial charge in [-0.2, -0.15) is 0 Å². The van der Waals surface area contributed by atoms with Crippen LogP contribution in [0.3, 0.4) is 0 Å². The molecular weight excluding hydrogens is 255 g/mol. The molecule has 2 aromatic rings. The molecule has 2 N–H and O–H groups in total. The molecule has 0 fully saturated rings. The molecule has 0 aliphatic rings. The second-order valence-electron chi connectivity index (χ2n) is 3.61. The van der Waals surface area contributed by atoms with Crippen molar-refractivity contribution in [3.05, 3.63) is 52.5 Å². The summed E-state index contributed by atoms with van der Waals surface area (Å²) in [5, 5.41) is 7.57. The number of anilines is 3. The maximum absolute atomic E-state index is 5.94. The van der Waals surface area contributed by atoms with Crippen molar-refractivity contribution in [2.75, 3.05) is 17.7 Å². The molecule has 0 aromatic heterocycles. The van der Waals surface area contributed by atoms with Crippen LogP contribution in [-0.2, 0) is 0 Å². The lowest BCUT2D eigenvalue weighted by Gasteiger charge is -2.09. The Hall–Kier alpha value is -1.38. The first-order chi connectivity index (χ1) is 8.17. The quantitative estimate of drug-likeness (QED) is 0.836. The van der Waals surface area contributed by atoms with E-state index in [4.69, 9.17) is 23.2 Å². The van der Waals surface area contributed by atoms with E-state index in [1.54, 1.807) is 6.07 Å². The normalized spacial score (nSPS) is 10.1. The monoisotopic (exact) mass is 266 g/mol. The summed E-state index contributed by atoms with van der Waals surface area (Å²) in [5.41, 5.74) is 2.90. The smallest absolute Gasteiger partial charge is 0.0441 e. The van der Waals surface area contributed by atoms with Crippen LogP contribution in [0.4, 0.5) is 17.1 Å². The molecule has 0 saturated carbocycles. The molecule has 17 heavy (non-hydrogen) atoms. The van der Waals surface area contributed by atoms with E-state index in [1.165, 1.54) is 0 Å². The largest absolute Gasteiger partial charge is 0.388 e. The SMILES string of the molecule is CNc1cccc(Nc2cc(Cl)cc(Cl)c2)c1. The summed E-state index contributed by atoms with van der Waals surface area (Å²) in [7, 11) is 1.88. The van der Waals surface area contributed by atoms with Gasteiger partial charge in [0.25, 0.3) is 0 Å². The van der Waals surface area contributed by atoms with Gasteiger partial charge < -0.3 is 10.6 Å². The Balaban J connectivity index is 2.24. The third-order valence-electron chi connectivity index (χ3n) is 2.30. The Morgan fingerprint density at radius 1 is 0.824 bits per heavy atom. The van der Waals surface area contributed by atoms with Crippen LogP contribution in [0.25, 0.3) is 0 Å². The van der Waals surface area contributed by atoms with Crippen molar-refractivity contribution in [1.29, 1.82) is 0 Å². The zero-order valence-electron chi connectivity index (χ0n) is 9.30. The summed E-state index contributed by atoms with van der Waals surface area (Å²) in [4.78, 5) is 0. The Morgan fingerprint density at radius 3 is 2.12 bits per heavy atom. The highest BCUT2D eigenvalue weighted by Gasteiger charge is 1.99. The second-order valence-corrected chi connectivity index (χ2v) is 4.49. The maximum Gasteiger partial charge on any atom is 0.0441 e. The lowest BCUT2D eigenvalue weighted by Crippen LogP contribution is -1.92. The van der Waals surface area contributed by atoms with E-state index in [0.29, 0.717) is 10.0 Å². The van der Waals surface area contributed by atoms with Gasteiger partial charge in [0.15, 0.2) is 0 Å². The van der Waals surface area contributed by atoms with Crippen LogP contribution < -0.4 is 10.6 Å². The average Bonchev–Trinajstić information content (AvgIpc) is 2.28. The van der Waals surface area contributed by atoms with Gasteiger partial charge in [0, 0.05) is 34.2 Å². The summed E-state index contributed by atoms with van der Waals surface area (Å²) < 4.78 is 0. The van der Waals surface area contributed by atoms with Crippen molar-refractivity contribution in [1.82, 2.24) is 0 Å². The molecule has 2 aromatic carbocycles. The number of benzene rings is 2. The lowest BCUT2D eigenvalue weighted by atomic mass is 10.2. The molecule has 0 aliphatic heterocycles. The summed E-state index contributed by atoms with van der Waals surface area (Å²) >= 11 is 11.9. The average molecular weight is 267 g/mol. The van der Waals surface area contributed by atoms with Gasteiger partial charge in [-0.15, -0.1) is 0 Å². The van der Waals surface area contributed by atoms with Crippen molar-refractivity contribution in [2.45, 2.75) is 0 Å². The first-order valence-electron chi connectivity index (χ1n) is 5.18. The first kappa shape index (κ1) is 12.1. The number of halogens is 2. The van der Waals surface area contributed by atoms with E-state index in [2.05, 4.69) is 10.6 Å². The first-order valence-corrected chi connectivity index (χ1v) is 5.94. The molecule has 88 valence electrons. The number of rotatable bonds is 3. The lowest BCUT2D eigenvalue weighted by molar-refractivity contribution is 1.49. The molecule has 0 unspecified atom stereocenters. The molecule has 0 bridgehead atoms. The van der Waals surface area contributed by atoms with Gasteiger partial charge in [-0.1, -0.05) is 29.3 Å². The fourth-order valence-corrected chi connectivity index (χ4v) is 2.07. The summed E-state index contributed by atoms with van der Waals surface area (Å²) in [6.45, 7) is 0. The Labute approximate surface area is 111 Å². The molecule has 0 atom stereocenters. The van der Waals surface area contributed by atoms with Crippen molar-refractivity contribution in [3.8, 4) is 0 Å². The molecule has 2 nitrogen and oxygen atoms in total. The van der Waals surface area contributed by atoms with Gasteiger partial charge in [0.05, 0.1) is 0 Å². The predicted octanol–water partition coefficient (Wildman–Crippen LogP) is 4.78. The minimum absolute atomic E-state index is 0.616. The Bertz CT molecular complexity index is 506. The van der Waals surface area contributed by atoms with Crippen molar-refractivity contribution >= 4 is 40.3 Å². The standard InChI is InChI=1S/C13H12Cl2N2/c1-16-11-3-2-4-12(8-11)17-13-6-9(14)5-10(15)7-13/h2-8,16-17H,1H3. The molecular formula is C13H12Cl2N2. The minimum atomic E-state index is 0.616. The molecule has 0 spiro atoms. The topological polar surface area (TPSA) is 24.1 Å². The van der Waals surface area contributed by atoms with Gasteiger partial charge in [-0.05, 0) is 36.4 Å². The molecule has 0 amide bonds. The Morgan fingerprint density at radius 2 is 1.47 bits per heavy atom. The number of nitrogens with one attached hydrogen (secondary N) is 2. The van der Waals surface area contributed by atoms with Gasteiger partial charge >= 0.3 is 0 Å². The minimum Gasteiger partial charge on any atom is -0.388 e. The van der Waals surface area contributed by atoms with Crippen LogP contribution in [0.5, 0.6) is 0 Å². The van der Waals surface area contributed by atoms with Crippen molar-refractivity contribution < 1.29 is 0 Å². The third-order valence-corrected chi connectivity index (χ3v) is 2.74. The van der Waals surface area contributed by atoms with E-state index >= 15 is 0 Å². The van der Waals surface area contributed by atoms with E-state index in [9.17, 15) is 0 Å². The van der Waals surface area contributed by atoms with E-state index < -0.39 is 0 Å². The summed E-state index contributed by atoms with van der Waals surface area (Å²) in [6, 6.07) is 13.3. The third kappa shape index (κ3) is 3.29. The maximum atomic E-state index is 5.94. The van der Waals surface area contributed by atoms with Gasteiger partial charge in [-0.25, -0.2) is 0 Å². The van der Waals surface area contributed by atoms with Crippen LogP contribution in [0.15, 0.2) is 42.5 Å². The highest BCUT2D eigenvalue weighted by molar-refractivity contribution is 6.35. The second kappa shape index (κ2) is 5.30. The fraction of sp³-hybridized carbons (Fsp3) is 0.0769. The van der Waals surface area contributed by atoms with Crippen LogP contribution in [-0.4, -0.2) is 7.05 Å². The van der Waals surface area contributed by atoms with Gasteiger partial charge in [-0.3, -0.25) is 0 Å². The van der Waals surface area contributed by atoms with Crippen LogP contribution >= 0.6 is 23.2 Å². The summed E-state index contributed by atoms with van der Waals surface area (Å²) in [6.07, 6.45) is 0.